The molecule has 2 aromatic carbocycles. The van der Waals surface area contributed by atoms with Crippen molar-refractivity contribution in [2.45, 2.75) is 13.3 Å². The highest BCUT2D eigenvalue weighted by molar-refractivity contribution is 7.20. The van der Waals surface area contributed by atoms with Gasteiger partial charge in [0.05, 0.1) is 16.7 Å². The number of thiophene rings is 1. The summed E-state index contributed by atoms with van der Waals surface area (Å²) in [4.78, 5) is 25.9. The summed E-state index contributed by atoms with van der Waals surface area (Å²) < 4.78 is 13.3. The summed E-state index contributed by atoms with van der Waals surface area (Å²) in [5.41, 5.74) is 2.36. The fraction of sp³-hybridized carbons (Fsp3) is 0.0952. The summed E-state index contributed by atoms with van der Waals surface area (Å²) >= 11 is 1.18. The Balaban J connectivity index is 1.49. The average molecular weight is 408 g/mol. The molecule has 29 heavy (non-hydrogen) atoms. The highest BCUT2D eigenvalue weighted by Crippen LogP contribution is 2.30. The molecule has 2 heterocycles. The Morgan fingerprint density at radius 1 is 1.10 bits per heavy atom. The number of nitrogens with zero attached hydrogens (tertiary/aromatic N) is 1. The maximum atomic E-state index is 13.3. The minimum Gasteiger partial charge on any atom is -0.321 e. The van der Waals surface area contributed by atoms with Crippen LogP contribution >= 0.6 is 11.3 Å². The molecule has 4 rings (SSSR count). The first-order valence-electron chi connectivity index (χ1n) is 8.89. The molecule has 2 aromatic heterocycles. The summed E-state index contributed by atoms with van der Waals surface area (Å²) in [6.45, 7) is 1.96. The highest BCUT2D eigenvalue weighted by Gasteiger charge is 2.17. The van der Waals surface area contributed by atoms with Crippen molar-refractivity contribution in [1.82, 2.24) is 10.2 Å². The number of fused-ring (bicyclic) bond motifs is 1. The van der Waals surface area contributed by atoms with Crippen LogP contribution in [0.3, 0.4) is 0 Å². The van der Waals surface area contributed by atoms with Crippen LogP contribution in [-0.2, 0) is 11.2 Å². The number of aromatic nitrogens is 2. The third kappa shape index (κ3) is 4.17. The van der Waals surface area contributed by atoms with Crippen LogP contribution in [0.4, 0.5) is 15.9 Å². The maximum Gasteiger partial charge on any atom is 0.265 e. The molecular weight excluding hydrogens is 391 g/mol. The minimum absolute atomic E-state index is 0.179. The predicted molar refractivity (Wildman–Crippen MR) is 112 cm³/mol. The lowest BCUT2D eigenvalue weighted by atomic mass is 10.1. The maximum absolute atomic E-state index is 13.3. The number of halogens is 1. The Labute approximate surface area is 169 Å². The monoisotopic (exact) mass is 408 g/mol. The standard InChI is InChI=1S/C21H17FN4O2S/c1-12-5-2-3-6-13(12)9-18(27)24-19-16-11-17(29-21(16)26-25-19)20(28)23-15-8-4-7-14(22)10-15/h2-8,10-11H,9H2,1H3,(H,23,28)(H2,24,25,26,27). The number of rotatable bonds is 5. The Bertz CT molecular complexity index is 1210. The molecule has 0 bridgehead atoms. The largest absolute Gasteiger partial charge is 0.321 e. The van der Waals surface area contributed by atoms with Gasteiger partial charge < -0.3 is 10.6 Å². The number of aromatic amines is 1. The number of carbonyl (C=O) groups excluding carboxylic acids is 2. The second-order valence-electron chi connectivity index (χ2n) is 6.54. The number of carbonyl (C=O) groups is 2. The zero-order valence-corrected chi connectivity index (χ0v) is 16.3. The quantitative estimate of drug-likeness (QED) is 0.454. The third-order valence-corrected chi connectivity index (χ3v) is 5.46. The molecule has 0 saturated heterocycles. The molecule has 0 radical (unpaired) electrons. The van der Waals surface area contributed by atoms with Crippen molar-refractivity contribution in [2.75, 3.05) is 10.6 Å². The Hall–Kier alpha value is -3.52. The molecular formula is C21H17FN4O2S. The molecule has 6 nitrogen and oxygen atoms in total. The first-order valence-corrected chi connectivity index (χ1v) is 9.70. The number of benzene rings is 2. The second kappa shape index (κ2) is 7.84. The lowest BCUT2D eigenvalue weighted by Crippen LogP contribution is -2.15. The molecule has 0 aliphatic heterocycles. The van der Waals surface area contributed by atoms with Crippen LogP contribution in [0.15, 0.2) is 54.6 Å². The van der Waals surface area contributed by atoms with E-state index in [0.717, 1.165) is 11.1 Å². The van der Waals surface area contributed by atoms with Crippen LogP contribution in [0.5, 0.6) is 0 Å². The van der Waals surface area contributed by atoms with Gasteiger partial charge in [-0.15, -0.1) is 11.3 Å². The van der Waals surface area contributed by atoms with Gasteiger partial charge in [-0.25, -0.2) is 4.39 Å². The summed E-state index contributed by atoms with van der Waals surface area (Å²) in [7, 11) is 0. The van der Waals surface area contributed by atoms with E-state index in [1.807, 2.05) is 31.2 Å². The van der Waals surface area contributed by atoms with Crippen LogP contribution in [0.25, 0.3) is 10.2 Å². The van der Waals surface area contributed by atoms with E-state index in [1.165, 1.54) is 29.5 Å². The lowest BCUT2D eigenvalue weighted by Gasteiger charge is -2.06. The topological polar surface area (TPSA) is 86.9 Å². The van der Waals surface area contributed by atoms with Crippen LogP contribution in [-0.4, -0.2) is 22.0 Å². The number of anilines is 2. The van der Waals surface area contributed by atoms with E-state index in [9.17, 15) is 14.0 Å². The number of H-pyrrole nitrogens is 1. The van der Waals surface area contributed by atoms with E-state index in [0.29, 0.717) is 26.6 Å². The minimum atomic E-state index is -0.428. The highest BCUT2D eigenvalue weighted by atomic mass is 32.1. The average Bonchev–Trinajstić information content (AvgIpc) is 3.26. The molecule has 3 N–H and O–H groups in total. The molecule has 8 heteroatoms. The van der Waals surface area contributed by atoms with Crippen molar-refractivity contribution < 1.29 is 14.0 Å². The van der Waals surface area contributed by atoms with Crippen molar-refractivity contribution in [3.8, 4) is 0 Å². The Kier molecular flexibility index (Phi) is 5.09. The van der Waals surface area contributed by atoms with Crippen molar-refractivity contribution >= 4 is 44.9 Å². The summed E-state index contributed by atoms with van der Waals surface area (Å²) in [6, 6.07) is 15.0. The normalized spacial score (nSPS) is 10.8. The van der Waals surface area contributed by atoms with E-state index in [4.69, 9.17) is 0 Å². The molecule has 0 unspecified atom stereocenters. The Morgan fingerprint density at radius 3 is 2.72 bits per heavy atom. The van der Waals surface area contributed by atoms with Crippen LogP contribution in [0.1, 0.15) is 20.8 Å². The smallest absolute Gasteiger partial charge is 0.265 e. The van der Waals surface area contributed by atoms with E-state index in [1.54, 1.807) is 12.1 Å². The number of hydrogen-bond acceptors (Lipinski definition) is 4. The molecule has 0 fully saturated rings. The van der Waals surface area contributed by atoms with Crippen molar-refractivity contribution in [2.24, 2.45) is 0 Å². The van der Waals surface area contributed by atoms with Gasteiger partial charge in [-0.1, -0.05) is 30.3 Å². The SMILES string of the molecule is Cc1ccccc1CC(=O)Nc1[nH]nc2sc(C(=O)Nc3cccc(F)c3)cc12. The van der Waals surface area contributed by atoms with Crippen LogP contribution in [0.2, 0.25) is 0 Å². The molecule has 2 amide bonds. The third-order valence-electron chi connectivity index (χ3n) is 4.43. The van der Waals surface area contributed by atoms with Crippen molar-refractivity contribution in [3.05, 3.63) is 76.4 Å². The van der Waals surface area contributed by atoms with Gasteiger partial charge in [-0.3, -0.25) is 14.7 Å². The van der Waals surface area contributed by atoms with E-state index >= 15 is 0 Å². The fourth-order valence-corrected chi connectivity index (χ4v) is 3.83. The molecule has 0 atom stereocenters. The number of nitrogens with one attached hydrogen (secondary N) is 3. The summed E-state index contributed by atoms with van der Waals surface area (Å²) in [5, 5.41) is 13.1. The van der Waals surface area contributed by atoms with Crippen LogP contribution in [0, 0.1) is 12.7 Å². The van der Waals surface area contributed by atoms with Crippen molar-refractivity contribution in [3.63, 3.8) is 0 Å². The number of aryl methyl sites for hydroxylation is 1. The molecule has 146 valence electrons. The lowest BCUT2D eigenvalue weighted by molar-refractivity contribution is -0.115. The van der Waals surface area contributed by atoms with E-state index < -0.39 is 5.82 Å². The Morgan fingerprint density at radius 2 is 1.93 bits per heavy atom. The van der Waals surface area contributed by atoms with Gasteiger partial charge in [0, 0.05) is 5.69 Å². The van der Waals surface area contributed by atoms with Gasteiger partial charge in [0.2, 0.25) is 5.91 Å². The first kappa shape index (κ1) is 18.8. The summed E-state index contributed by atoms with van der Waals surface area (Å²) in [5.74, 6) is -0.528. The van der Waals surface area contributed by atoms with Gasteiger partial charge in [0.1, 0.15) is 16.5 Å². The number of amides is 2. The van der Waals surface area contributed by atoms with Crippen molar-refractivity contribution in [1.29, 1.82) is 0 Å². The van der Waals surface area contributed by atoms with Gasteiger partial charge in [0.15, 0.2) is 0 Å². The predicted octanol–water partition coefficient (Wildman–Crippen LogP) is 4.51. The zero-order valence-electron chi connectivity index (χ0n) is 15.5. The fourth-order valence-electron chi connectivity index (χ4n) is 2.94. The molecule has 4 aromatic rings. The molecule has 0 aliphatic carbocycles. The number of hydrogen-bond donors (Lipinski definition) is 3. The van der Waals surface area contributed by atoms with Crippen LogP contribution < -0.4 is 10.6 Å². The summed E-state index contributed by atoms with van der Waals surface area (Å²) in [6.07, 6.45) is 0.240. The zero-order chi connectivity index (χ0) is 20.4. The molecule has 0 spiro atoms. The van der Waals surface area contributed by atoms with Gasteiger partial charge >= 0.3 is 0 Å². The van der Waals surface area contributed by atoms with E-state index in [2.05, 4.69) is 20.8 Å². The second-order valence-corrected chi connectivity index (χ2v) is 7.57. The molecule has 0 saturated carbocycles. The van der Waals surface area contributed by atoms with Gasteiger partial charge in [-0.2, -0.15) is 5.10 Å². The van der Waals surface area contributed by atoms with Gasteiger partial charge in [-0.05, 0) is 42.3 Å². The molecule has 0 aliphatic rings. The first-order chi connectivity index (χ1) is 14.0. The van der Waals surface area contributed by atoms with E-state index in [-0.39, 0.29) is 18.2 Å². The van der Waals surface area contributed by atoms with Gasteiger partial charge in [0.25, 0.3) is 5.91 Å².